The summed E-state index contributed by atoms with van der Waals surface area (Å²) < 4.78 is 19.3. The van der Waals surface area contributed by atoms with Crippen LogP contribution in [-0.2, 0) is 0 Å². The number of anilines is 1. The maximum Gasteiger partial charge on any atom is 0.317 e. The quantitative estimate of drug-likeness (QED) is 0.382. The van der Waals surface area contributed by atoms with Crippen LogP contribution >= 0.6 is 0 Å². The summed E-state index contributed by atoms with van der Waals surface area (Å²) >= 11 is 0. The van der Waals surface area contributed by atoms with E-state index in [0.29, 0.717) is 26.2 Å². The third-order valence-electron chi connectivity index (χ3n) is 6.55. The molecule has 0 radical (unpaired) electrons. The average Bonchev–Trinajstić information content (AvgIpc) is 3.33. The van der Waals surface area contributed by atoms with Gasteiger partial charge in [0.1, 0.15) is 52.9 Å². The van der Waals surface area contributed by atoms with Crippen LogP contribution in [-0.4, -0.2) is 80.9 Å². The van der Waals surface area contributed by atoms with Gasteiger partial charge in [-0.25, -0.2) is 19.2 Å². The van der Waals surface area contributed by atoms with Gasteiger partial charge in [0, 0.05) is 37.2 Å². The van der Waals surface area contributed by atoms with E-state index in [1.807, 2.05) is 65.7 Å². The van der Waals surface area contributed by atoms with Crippen LogP contribution in [0.1, 0.15) is 18.5 Å². The van der Waals surface area contributed by atoms with E-state index in [1.165, 1.54) is 12.1 Å². The second kappa shape index (κ2) is 10.4. The van der Waals surface area contributed by atoms with Crippen molar-refractivity contribution in [3.05, 3.63) is 72.3 Å². The highest BCUT2D eigenvalue weighted by Crippen LogP contribution is 2.29. The largest absolute Gasteiger partial charge is 0.514 e. The number of urea groups is 1. The van der Waals surface area contributed by atoms with Gasteiger partial charge in [0.25, 0.3) is 0 Å². The number of hydrogen-bond acceptors (Lipinski definition) is 5. The lowest BCUT2D eigenvalue weighted by molar-refractivity contribution is 0.191. The number of H-pyrrole nitrogens is 1. The van der Waals surface area contributed by atoms with E-state index in [4.69, 9.17) is 4.74 Å². The molecule has 0 bridgehead atoms. The number of aromatic amines is 1. The Balaban J connectivity index is 1.22. The molecule has 1 atom stereocenters. The van der Waals surface area contributed by atoms with E-state index < -0.39 is 0 Å². The topological polar surface area (TPSA) is 86.4 Å². The Bertz CT molecular complexity index is 1440. The van der Waals surface area contributed by atoms with E-state index in [2.05, 4.69) is 25.2 Å². The number of halogens is 1. The third kappa shape index (κ3) is 5.79. The number of hydrogen-bond donors (Lipinski definition) is 2. The summed E-state index contributed by atoms with van der Waals surface area (Å²) in [6.45, 7) is 4.44. The molecule has 0 saturated carbocycles. The predicted octanol–water partition coefficient (Wildman–Crippen LogP) is 1.25. The fourth-order valence-electron chi connectivity index (χ4n) is 4.65. The van der Waals surface area contributed by atoms with Crippen molar-refractivity contribution in [3.63, 3.8) is 0 Å². The molecule has 12 heteroatoms. The van der Waals surface area contributed by atoms with Crippen molar-refractivity contribution < 1.29 is 13.9 Å². The molecule has 5 rings (SSSR count). The molecular weight excluding hydrogens is 480 g/mol. The summed E-state index contributed by atoms with van der Waals surface area (Å²) in [4.78, 5) is 29.3. The highest BCUT2D eigenvalue weighted by molar-refractivity contribution is 6.58. The van der Waals surface area contributed by atoms with Crippen LogP contribution in [0.4, 0.5) is 15.0 Å². The van der Waals surface area contributed by atoms with E-state index in [1.54, 1.807) is 18.5 Å². The molecule has 1 fully saturated rings. The number of piperazine rings is 1. The standard InChI is InChI=1S/C26H30B3FN6O2/c1-16(18-3-2-4-20(13-18)38-26(27,28)29)33-25(37)36-11-9-35(10-12-36)24-21-14-22(34-23(21)31-15-32-24)17-5-7-19(30)8-6-17/h2-8,13-16H,9-12,27-29H2,1H3,(H,33,37)(H,31,32,34)/t16-/m0/s1. The molecule has 3 heterocycles. The first-order chi connectivity index (χ1) is 18.2. The molecule has 0 spiro atoms. The van der Waals surface area contributed by atoms with Crippen molar-refractivity contribution in [2.45, 2.75) is 18.3 Å². The minimum Gasteiger partial charge on any atom is -0.514 e. The Morgan fingerprint density at radius 1 is 1.08 bits per heavy atom. The maximum absolute atomic E-state index is 13.4. The molecular formula is C26H30B3FN6O2. The molecule has 8 nitrogen and oxygen atoms in total. The van der Waals surface area contributed by atoms with Gasteiger partial charge in [0.05, 0.1) is 11.4 Å². The Hall–Kier alpha value is -3.95. The molecule has 0 unspecified atom stereocenters. The zero-order valence-electron chi connectivity index (χ0n) is 22.2. The number of nitrogens with zero attached hydrogens (tertiary/aromatic N) is 4. The molecule has 1 saturated heterocycles. The van der Waals surface area contributed by atoms with E-state index in [-0.39, 0.29) is 23.2 Å². The van der Waals surface area contributed by atoms with Crippen LogP contribution in [0.25, 0.3) is 22.3 Å². The van der Waals surface area contributed by atoms with Crippen LogP contribution in [0.3, 0.4) is 0 Å². The minimum absolute atomic E-state index is 0.0904. The van der Waals surface area contributed by atoms with Crippen molar-refractivity contribution in [1.82, 2.24) is 25.2 Å². The second-order valence-electron chi connectivity index (χ2n) is 10.6. The second-order valence-corrected chi connectivity index (χ2v) is 10.6. The number of carbonyl (C=O) groups is 1. The molecule has 2 N–H and O–H groups in total. The molecule has 38 heavy (non-hydrogen) atoms. The number of nitrogens with one attached hydrogen (secondary N) is 2. The summed E-state index contributed by atoms with van der Waals surface area (Å²) in [5, 5.41) is 3.73. The smallest absolute Gasteiger partial charge is 0.317 e. The van der Waals surface area contributed by atoms with Crippen molar-refractivity contribution in [2.75, 3.05) is 31.1 Å². The van der Waals surface area contributed by atoms with Gasteiger partial charge in [0.15, 0.2) is 0 Å². The SMILES string of the molecule is BC(B)(B)Oc1cccc([C@H](C)NC(=O)N2CCN(c3ncnc4[nH]c(-c5ccc(F)cc5)cc34)CC2)c1. The molecule has 1 aliphatic heterocycles. The molecule has 192 valence electrons. The summed E-state index contributed by atoms with van der Waals surface area (Å²) in [6, 6.07) is 15.9. The first kappa shape index (κ1) is 25.7. The number of amides is 2. The van der Waals surface area contributed by atoms with Crippen LogP contribution in [0.2, 0.25) is 0 Å². The lowest BCUT2D eigenvalue weighted by atomic mass is 9.52. The van der Waals surface area contributed by atoms with Crippen LogP contribution < -0.4 is 15.0 Å². The van der Waals surface area contributed by atoms with Gasteiger partial charge in [0.2, 0.25) is 0 Å². The monoisotopic (exact) mass is 510 g/mol. The fourth-order valence-corrected chi connectivity index (χ4v) is 4.65. The lowest BCUT2D eigenvalue weighted by Gasteiger charge is -2.36. The number of aromatic nitrogens is 3. The van der Waals surface area contributed by atoms with Gasteiger partial charge in [-0.15, -0.1) is 0 Å². The lowest BCUT2D eigenvalue weighted by Crippen LogP contribution is -2.52. The van der Waals surface area contributed by atoms with Gasteiger partial charge >= 0.3 is 6.03 Å². The fraction of sp³-hybridized carbons (Fsp3) is 0.269. The van der Waals surface area contributed by atoms with Crippen LogP contribution in [0, 0.1) is 5.82 Å². The Morgan fingerprint density at radius 2 is 1.82 bits per heavy atom. The zero-order chi connectivity index (χ0) is 26.9. The van der Waals surface area contributed by atoms with E-state index in [0.717, 1.165) is 39.4 Å². The molecule has 4 aromatic rings. The zero-order valence-corrected chi connectivity index (χ0v) is 22.2. The van der Waals surface area contributed by atoms with Crippen molar-refractivity contribution in [1.29, 1.82) is 0 Å². The first-order valence-corrected chi connectivity index (χ1v) is 12.9. The highest BCUT2D eigenvalue weighted by Gasteiger charge is 2.25. The average molecular weight is 510 g/mol. The van der Waals surface area contributed by atoms with E-state index in [9.17, 15) is 9.18 Å². The minimum atomic E-state index is -0.289. The Morgan fingerprint density at radius 3 is 2.53 bits per heavy atom. The summed E-state index contributed by atoms with van der Waals surface area (Å²) in [5.41, 5.74) is 3.44. The molecule has 1 aliphatic rings. The van der Waals surface area contributed by atoms with Gasteiger partial charge in [-0.2, -0.15) is 0 Å². The number of fused-ring (bicyclic) bond motifs is 1. The molecule has 2 amide bonds. The van der Waals surface area contributed by atoms with Gasteiger partial charge in [-0.1, -0.05) is 12.1 Å². The Kier molecular flexibility index (Phi) is 7.05. The first-order valence-electron chi connectivity index (χ1n) is 12.9. The van der Waals surface area contributed by atoms with Crippen molar-refractivity contribution in [2.24, 2.45) is 0 Å². The number of rotatable bonds is 6. The van der Waals surface area contributed by atoms with Crippen LogP contribution in [0.5, 0.6) is 5.75 Å². The van der Waals surface area contributed by atoms with Gasteiger partial charge in [-0.05, 0) is 60.5 Å². The molecule has 2 aromatic carbocycles. The normalized spacial score (nSPS) is 14.9. The van der Waals surface area contributed by atoms with Crippen LogP contribution in [0.15, 0.2) is 60.9 Å². The number of carbonyl (C=O) groups excluding carboxylic acids is 1. The summed E-state index contributed by atoms with van der Waals surface area (Å²) in [7, 11) is 6.03. The highest BCUT2D eigenvalue weighted by atomic mass is 19.1. The molecule has 0 aliphatic carbocycles. The Labute approximate surface area is 224 Å². The predicted molar refractivity (Wildman–Crippen MR) is 155 cm³/mol. The van der Waals surface area contributed by atoms with E-state index >= 15 is 0 Å². The molecule has 2 aromatic heterocycles. The summed E-state index contributed by atoms with van der Waals surface area (Å²) in [5.74, 6) is 1.33. The maximum atomic E-state index is 13.4. The van der Waals surface area contributed by atoms with Gasteiger partial charge < -0.3 is 24.8 Å². The summed E-state index contributed by atoms with van der Waals surface area (Å²) in [6.07, 6.45) is 1.54. The van der Waals surface area contributed by atoms with Crippen molar-refractivity contribution >= 4 is 46.4 Å². The number of ether oxygens (including phenoxy) is 1. The number of benzene rings is 2. The van der Waals surface area contributed by atoms with Crippen molar-refractivity contribution in [3.8, 4) is 17.0 Å². The van der Waals surface area contributed by atoms with Gasteiger partial charge in [-0.3, -0.25) is 0 Å². The third-order valence-corrected chi connectivity index (χ3v) is 6.55.